The first-order chi connectivity index (χ1) is 10.5. The molecule has 1 N–H and O–H groups in total. The zero-order chi connectivity index (χ0) is 15.7. The summed E-state index contributed by atoms with van der Waals surface area (Å²) in [4.78, 5) is 18.6. The van der Waals surface area contributed by atoms with E-state index in [1.165, 1.54) is 6.07 Å². The number of rotatable bonds is 3. The van der Waals surface area contributed by atoms with Crippen molar-refractivity contribution >= 4 is 10.9 Å². The molecule has 0 saturated heterocycles. The highest BCUT2D eigenvalue weighted by Crippen LogP contribution is 2.26. The fourth-order valence-electron chi connectivity index (χ4n) is 2.45. The van der Waals surface area contributed by atoms with Gasteiger partial charge < -0.3 is 9.72 Å². The molecule has 112 valence electrons. The molecular formula is C18H18N2O2. The monoisotopic (exact) mass is 294 g/mol. The van der Waals surface area contributed by atoms with Crippen molar-refractivity contribution in [2.45, 2.75) is 26.9 Å². The largest absolute Gasteiger partial charge is 0.491 e. The lowest BCUT2D eigenvalue weighted by Crippen LogP contribution is -2.05. The van der Waals surface area contributed by atoms with Crippen LogP contribution in [0.15, 0.2) is 47.4 Å². The number of H-pyrrole nitrogens is 1. The number of pyridine rings is 2. The summed E-state index contributed by atoms with van der Waals surface area (Å²) in [5.74, 6) is 0.813. The van der Waals surface area contributed by atoms with Gasteiger partial charge in [0.2, 0.25) is 5.56 Å². The molecule has 0 aliphatic carbocycles. The van der Waals surface area contributed by atoms with Crippen LogP contribution >= 0.6 is 0 Å². The van der Waals surface area contributed by atoms with Crippen LogP contribution in [0.3, 0.4) is 0 Å². The predicted octanol–water partition coefficient (Wildman–Crippen LogP) is 3.69. The smallest absolute Gasteiger partial charge is 0.247 e. The van der Waals surface area contributed by atoms with E-state index in [0.29, 0.717) is 0 Å². The molecule has 0 spiro atoms. The van der Waals surface area contributed by atoms with Gasteiger partial charge in [-0.1, -0.05) is 0 Å². The van der Waals surface area contributed by atoms with Crippen LogP contribution in [-0.2, 0) is 0 Å². The summed E-state index contributed by atoms with van der Waals surface area (Å²) in [7, 11) is 0. The summed E-state index contributed by atoms with van der Waals surface area (Å²) in [5.41, 5.74) is 3.64. The lowest BCUT2D eigenvalue weighted by Gasteiger charge is -2.12. The number of hydrogen-bond donors (Lipinski definition) is 1. The Morgan fingerprint density at radius 2 is 1.95 bits per heavy atom. The van der Waals surface area contributed by atoms with Crippen LogP contribution < -0.4 is 10.3 Å². The molecule has 2 aromatic heterocycles. The van der Waals surface area contributed by atoms with Gasteiger partial charge in [-0.25, -0.2) is 4.98 Å². The van der Waals surface area contributed by atoms with E-state index >= 15 is 0 Å². The Morgan fingerprint density at radius 1 is 1.14 bits per heavy atom. The summed E-state index contributed by atoms with van der Waals surface area (Å²) in [6.07, 6.45) is 1.81. The van der Waals surface area contributed by atoms with E-state index in [1.807, 2.05) is 38.1 Å². The molecule has 0 atom stereocenters. The van der Waals surface area contributed by atoms with Crippen LogP contribution in [-0.4, -0.2) is 16.1 Å². The van der Waals surface area contributed by atoms with Crippen LogP contribution in [0.5, 0.6) is 5.75 Å². The minimum atomic E-state index is -0.117. The second-order valence-corrected chi connectivity index (χ2v) is 5.61. The highest BCUT2D eigenvalue weighted by atomic mass is 16.5. The van der Waals surface area contributed by atoms with Gasteiger partial charge in [-0.2, -0.15) is 0 Å². The molecule has 0 aliphatic heterocycles. The normalized spacial score (nSPS) is 11.1. The molecule has 0 aliphatic rings. The Morgan fingerprint density at radius 3 is 2.64 bits per heavy atom. The maximum Gasteiger partial charge on any atom is 0.247 e. The number of nitrogens with zero attached hydrogens (tertiary/aromatic N) is 1. The second-order valence-electron chi connectivity index (χ2n) is 5.61. The molecule has 4 nitrogen and oxygen atoms in total. The van der Waals surface area contributed by atoms with Crippen LogP contribution in [0.2, 0.25) is 0 Å². The summed E-state index contributed by atoms with van der Waals surface area (Å²) in [6, 6.07) is 11.3. The molecule has 1 aromatic carbocycles. The van der Waals surface area contributed by atoms with E-state index < -0.39 is 0 Å². The van der Waals surface area contributed by atoms with Crippen LogP contribution in [0.4, 0.5) is 0 Å². The van der Waals surface area contributed by atoms with Crippen molar-refractivity contribution in [2.75, 3.05) is 0 Å². The Kier molecular flexibility index (Phi) is 3.67. The molecule has 0 unspecified atom stereocenters. The van der Waals surface area contributed by atoms with Crippen LogP contribution in [0, 0.1) is 6.92 Å². The third-order valence-corrected chi connectivity index (χ3v) is 3.44. The summed E-state index contributed by atoms with van der Waals surface area (Å²) in [5, 5.41) is 1.10. The molecule has 22 heavy (non-hydrogen) atoms. The quantitative estimate of drug-likeness (QED) is 0.801. The van der Waals surface area contributed by atoms with Crippen molar-refractivity contribution in [3.8, 4) is 17.0 Å². The number of benzene rings is 1. The maximum absolute atomic E-state index is 11.2. The van der Waals surface area contributed by atoms with Gasteiger partial charge >= 0.3 is 0 Å². The fraction of sp³-hybridized carbons (Fsp3) is 0.222. The maximum atomic E-state index is 11.2. The molecule has 0 saturated carbocycles. The molecule has 3 aromatic rings. The van der Waals surface area contributed by atoms with Crippen molar-refractivity contribution in [3.63, 3.8) is 0 Å². The minimum absolute atomic E-state index is 0.117. The fourth-order valence-corrected chi connectivity index (χ4v) is 2.45. The van der Waals surface area contributed by atoms with E-state index in [9.17, 15) is 4.79 Å². The van der Waals surface area contributed by atoms with Crippen molar-refractivity contribution in [2.24, 2.45) is 0 Å². The summed E-state index contributed by atoms with van der Waals surface area (Å²) < 4.78 is 5.74. The van der Waals surface area contributed by atoms with Gasteiger partial charge in [0.25, 0.3) is 0 Å². The highest BCUT2D eigenvalue weighted by Gasteiger charge is 2.07. The molecule has 4 heteroatoms. The van der Waals surface area contributed by atoms with E-state index in [4.69, 9.17) is 9.72 Å². The van der Waals surface area contributed by atoms with E-state index in [0.717, 1.165) is 33.5 Å². The average Bonchev–Trinajstić information content (AvgIpc) is 2.47. The third-order valence-electron chi connectivity index (χ3n) is 3.44. The standard InChI is InChI=1S/C18H18N2O2/c1-11(2)22-14-5-6-15-12(3)8-16(20-17(15)9-14)13-4-7-18(21)19-10-13/h4-11H,1-3H3,(H,19,21). The molecule has 0 amide bonds. The lowest BCUT2D eigenvalue weighted by atomic mass is 10.1. The molecule has 0 bridgehead atoms. The molecular weight excluding hydrogens is 276 g/mol. The Bertz CT molecular complexity index is 861. The number of nitrogens with one attached hydrogen (secondary N) is 1. The predicted molar refractivity (Wildman–Crippen MR) is 88.3 cm³/mol. The van der Waals surface area contributed by atoms with Gasteiger partial charge in [0, 0.05) is 29.3 Å². The summed E-state index contributed by atoms with van der Waals surface area (Å²) in [6.45, 7) is 6.06. The number of hydrogen-bond acceptors (Lipinski definition) is 3. The van der Waals surface area contributed by atoms with E-state index in [-0.39, 0.29) is 11.7 Å². The molecule has 0 radical (unpaired) electrons. The van der Waals surface area contributed by atoms with E-state index in [1.54, 1.807) is 12.3 Å². The van der Waals surface area contributed by atoms with Gasteiger partial charge in [0.1, 0.15) is 5.75 Å². The lowest BCUT2D eigenvalue weighted by molar-refractivity contribution is 0.242. The third kappa shape index (κ3) is 2.86. The second kappa shape index (κ2) is 5.64. The Labute approximate surface area is 128 Å². The first-order valence-electron chi connectivity index (χ1n) is 7.30. The first-order valence-corrected chi connectivity index (χ1v) is 7.30. The van der Waals surface area contributed by atoms with Crippen LogP contribution in [0.1, 0.15) is 19.4 Å². The van der Waals surface area contributed by atoms with E-state index in [2.05, 4.69) is 11.9 Å². The number of aryl methyl sites for hydroxylation is 1. The van der Waals surface area contributed by atoms with Crippen LogP contribution in [0.25, 0.3) is 22.2 Å². The van der Waals surface area contributed by atoms with Gasteiger partial charge in [-0.05, 0) is 50.6 Å². The zero-order valence-electron chi connectivity index (χ0n) is 12.9. The molecule has 0 fully saturated rings. The topological polar surface area (TPSA) is 55.0 Å². The highest BCUT2D eigenvalue weighted by molar-refractivity contribution is 5.86. The van der Waals surface area contributed by atoms with Gasteiger partial charge in [-0.15, -0.1) is 0 Å². The summed E-state index contributed by atoms with van der Waals surface area (Å²) >= 11 is 0. The van der Waals surface area contributed by atoms with Gasteiger partial charge in [0.15, 0.2) is 0 Å². The number of aromatic nitrogens is 2. The van der Waals surface area contributed by atoms with Gasteiger partial charge in [0.05, 0.1) is 17.3 Å². The Hall–Kier alpha value is -2.62. The number of fused-ring (bicyclic) bond motifs is 1. The van der Waals surface area contributed by atoms with Gasteiger partial charge in [-0.3, -0.25) is 4.79 Å². The SMILES string of the molecule is Cc1cc(-c2ccc(=O)[nH]c2)nc2cc(OC(C)C)ccc12. The van der Waals surface area contributed by atoms with Crippen molar-refractivity contribution in [1.29, 1.82) is 0 Å². The Balaban J connectivity index is 2.12. The zero-order valence-corrected chi connectivity index (χ0v) is 12.9. The average molecular weight is 294 g/mol. The first kappa shape index (κ1) is 14.3. The van der Waals surface area contributed by atoms with Crippen molar-refractivity contribution < 1.29 is 4.74 Å². The number of aromatic amines is 1. The molecule has 3 rings (SSSR count). The minimum Gasteiger partial charge on any atom is -0.491 e. The van der Waals surface area contributed by atoms with Crippen molar-refractivity contribution in [1.82, 2.24) is 9.97 Å². The molecule has 2 heterocycles. The number of ether oxygens (including phenoxy) is 1. The van der Waals surface area contributed by atoms with Crippen molar-refractivity contribution in [3.05, 3.63) is 58.5 Å².